The standard InChI is InChI=1S/C15H19Cl2NO2/c16-13-6-12(7-14(17)8-13)10-18-5-1-2-11(9-18)3-4-15(19)20/h6-8,11H,1-5,9-10H2,(H,19,20). The highest BCUT2D eigenvalue weighted by Gasteiger charge is 2.20. The van der Waals surface area contributed by atoms with Crippen molar-refractivity contribution in [2.45, 2.75) is 32.2 Å². The second-order valence-corrected chi connectivity index (χ2v) is 6.33. The number of rotatable bonds is 5. The van der Waals surface area contributed by atoms with Crippen LogP contribution >= 0.6 is 23.2 Å². The zero-order chi connectivity index (χ0) is 14.5. The van der Waals surface area contributed by atoms with Crippen LogP contribution < -0.4 is 0 Å². The zero-order valence-corrected chi connectivity index (χ0v) is 12.8. The van der Waals surface area contributed by atoms with Crippen LogP contribution in [0.3, 0.4) is 0 Å². The van der Waals surface area contributed by atoms with E-state index in [0.717, 1.165) is 44.5 Å². The molecule has 3 nitrogen and oxygen atoms in total. The molecule has 110 valence electrons. The topological polar surface area (TPSA) is 40.5 Å². The molecule has 1 unspecified atom stereocenters. The lowest BCUT2D eigenvalue weighted by Crippen LogP contribution is -2.35. The number of carbonyl (C=O) groups is 1. The van der Waals surface area contributed by atoms with Crippen molar-refractivity contribution in [3.8, 4) is 0 Å². The molecule has 1 aromatic carbocycles. The first kappa shape index (κ1) is 15.6. The number of carboxylic acids is 1. The molecule has 0 spiro atoms. The number of halogens is 2. The number of likely N-dealkylation sites (tertiary alicyclic amines) is 1. The van der Waals surface area contributed by atoms with Crippen molar-refractivity contribution in [2.24, 2.45) is 5.92 Å². The van der Waals surface area contributed by atoms with E-state index in [1.54, 1.807) is 6.07 Å². The molecule has 1 atom stereocenters. The minimum Gasteiger partial charge on any atom is -0.481 e. The van der Waals surface area contributed by atoms with Crippen molar-refractivity contribution in [1.82, 2.24) is 4.90 Å². The maximum Gasteiger partial charge on any atom is 0.303 e. The molecule has 1 aliphatic rings. The minimum atomic E-state index is -0.705. The normalized spacial score (nSPS) is 20.0. The van der Waals surface area contributed by atoms with E-state index in [4.69, 9.17) is 28.3 Å². The monoisotopic (exact) mass is 315 g/mol. The van der Waals surface area contributed by atoms with Gasteiger partial charge in [-0.25, -0.2) is 0 Å². The molecule has 1 N–H and O–H groups in total. The second-order valence-electron chi connectivity index (χ2n) is 5.45. The Morgan fingerprint density at radius 3 is 2.65 bits per heavy atom. The Morgan fingerprint density at radius 1 is 1.30 bits per heavy atom. The van der Waals surface area contributed by atoms with Crippen LogP contribution in [-0.2, 0) is 11.3 Å². The molecular formula is C15H19Cl2NO2. The van der Waals surface area contributed by atoms with E-state index in [1.807, 2.05) is 12.1 Å². The third-order valence-corrected chi connectivity index (χ3v) is 4.13. The largest absolute Gasteiger partial charge is 0.481 e. The van der Waals surface area contributed by atoms with Gasteiger partial charge in [-0.3, -0.25) is 9.69 Å². The Morgan fingerprint density at radius 2 is 2.00 bits per heavy atom. The fourth-order valence-corrected chi connectivity index (χ4v) is 3.39. The van der Waals surface area contributed by atoms with E-state index >= 15 is 0 Å². The van der Waals surface area contributed by atoms with Gasteiger partial charge in [0, 0.05) is 29.6 Å². The first-order valence-corrected chi connectivity index (χ1v) is 7.67. The van der Waals surface area contributed by atoms with E-state index in [2.05, 4.69) is 4.90 Å². The fraction of sp³-hybridized carbons (Fsp3) is 0.533. The summed E-state index contributed by atoms with van der Waals surface area (Å²) < 4.78 is 0. The molecule has 0 aromatic heterocycles. The Kier molecular flexibility index (Phi) is 5.70. The summed E-state index contributed by atoms with van der Waals surface area (Å²) in [5.74, 6) is -0.224. The van der Waals surface area contributed by atoms with Crippen LogP contribution in [-0.4, -0.2) is 29.1 Å². The molecule has 5 heteroatoms. The summed E-state index contributed by atoms with van der Waals surface area (Å²) >= 11 is 12.0. The number of piperidine rings is 1. The van der Waals surface area contributed by atoms with Crippen LogP contribution in [0, 0.1) is 5.92 Å². The summed E-state index contributed by atoms with van der Waals surface area (Å²) in [4.78, 5) is 13.0. The number of hydrogen-bond acceptors (Lipinski definition) is 2. The van der Waals surface area contributed by atoms with Crippen molar-refractivity contribution in [3.05, 3.63) is 33.8 Å². The van der Waals surface area contributed by atoms with Gasteiger partial charge in [-0.15, -0.1) is 0 Å². The lowest BCUT2D eigenvalue weighted by atomic mass is 9.93. The van der Waals surface area contributed by atoms with Gasteiger partial charge in [-0.05, 0) is 55.5 Å². The molecule has 0 bridgehead atoms. The minimum absolute atomic E-state index is 0.265. The average Bonchev–Trinajstić information content (AvgIpc) is 2.35. The summed E-state index contributed by atoms with van der Waals surface area (Å²) in [6.45, 7) is 2.83. The molecule has 1 aromatic rings. The van der Waals surface area contributed by atoms with Crippen molar-refractivity contribution in [3.63, 3.8) is 0 Å². The SMILES string of the molecule is O=C(O)CCC1CCCN(Cc2cc(Cl)cc(Cl)c2)C1. The second kappa shape index (κ2) is 7.30. The van der Waals surface area contributed by atoms with Gasteiger partial charge in [0.15, 0.2) is 0 Å². The van der Waals surface area contributed by atoms with Crippen LogP contribution in [0.5, 0.6) is 0 Å². The Bertz CT molecular complexity index is 459. The first-order valence-electron chi connectivity index (χ1n) is 6.92. The molecule has 20 heavy (non-hydrogen) atoms. The van der Waals surface area contributed by atoms with Crippen LogP contribution in [0.4, 0.5) is 0 Å². The smallest absolute Gasteiger partial charge is 0.303 e. The number of benzene rings is 1. The lowest BCUT2D eigenvalue weighted by Gasteiger charge is -2.32. The summed E-state index contributed by atoms with van der Waals surface area (Å²) in [7, 11) is 0. The quantitative estimate of drug-likeness (QED) is 0.890. The maximum absolute atomic E-state index is 10.6. The highest BCUT2D eigenvalue weighted by molar-refractivity contribution is 6.34. The highest BCUT2D eigenvalue weighted by atomic mass is 35.5. The van der Waals surface area contributed by atoms with Crippen LogP contribution in [0.15, 0.2) is 18.2 Å². The zero-order valence-electron chi connectivity index (χ0n) is 11.3. The van der Waals surface area contributed by atoms with Gasteiger partial charge in [-0.1, -0.05) is 23.2 Å². The van der Waals surface area contributed by atoms with Crippen molar-refractivity contribution < 1.29 is 9.90 Å². The molecule has 1 aliphatic heterocycles. The average molecular weight is 316 g/mol. The number of carboxylic acid groups (broad SMARTS) is 1. The molecule has 2 rings (SSSR count). The summed E-state index contributed by atoms with van der Waals surface area (Å²) in [6, 6.07) is 5.61. The van der Waals surface area contributed by atoms with Crippen molar-refractivity contribution in [1.29, 1.82) is 0 Å². The molecule has 0 saturated carbocycles. The van der Waals surface area contributed by atoms with Gasteiger partial charge in [0.25, 0.3) is 0 Å². The molecule has 1 fully saturated rings. The van der Waals surface area contributed by atoms with Gasteiger partial charge >= 0.3 is 5.97 Å². The highest BCUT2D eigenvalue weighted by Crippen LogP contribution is 2.24. The predicted molar refractivity (Wildman–Crippen MR) is 81.3 cm³/mol. The van der Waals surface area contributed by atoms with Gasteiger partial charge in [0.2, 0.25) is 0 Å². The van der Waals surface area contributed by atoms with E-state index in [1.165, 1.54) is 0 Å². The van der Waals surface area contributed by atoms with Gasteiger partial charge in [0.1, 0.15) is 0 Å². The third-order valence-electron chi connectivity index (χ3n) is 3.70. The van der Waals surface area contributed by atoms with Crippen LogP contribution in [0.25, 0.3) is 0 Å². The number of nitrogens with zero attached hydrogens (tertiary/aromatic N) is 1. The molecule has 1 saturated heterocycles. The molecule has 0 amide bonds. The van der Waals surface area contributed by atoms with Gasteiger partial charge in [-0.2, -0.15) is 0 Å². The van der Waals surface area contributed by atoms with Crippen LogP contribution in [0.1, 0.15) is 31.2 Å². The predicted octanol–water partition coefficient (Wildman–Crippen LogP) is 4.07. The van der Waals surface area contributed by atoms with Gasteiger partial charge < -0.3 is 5.11 Å². The number of aliphatic carboxylic acids is 1. The lowest BCUT2D eigenvalue weighted by molar-refractivity contribution is -0.137. The molecule has 0 radical (unpaired) electrons. The van der Waals surface area contributed by atoms with E-state index in [0.29, 0.717) is 16.0 Å². The Balaban J connectivity index is 1.90. The molecular weight excluding hydrogens is 297 g/mol. The first-order chi connectivity index (χ1) is 9.52. The molecule has 1 heterocycles. The summed E-state index contributed by atoms with van der Waals surface area (Å²) in [5, 5.41) is 10.1. The van der Waals surface area contributed by atoms with Crippen molar-refractivity contribution >= 4 is 29.2 Å². The summed E-state index contributed by atoms with van der Waals surface area (Å²) in [6.07, 6.45) is 3.28. The van der Waals surface area contributed by atoms with E-state index in [-0.39, 0.29) is 6.42 Å². The van der Waals surface area contributed by atoms with Gasteiger partial charge in [0.05, 0.1) is 0 Å². The fourth-order valence-electron chi connectivity index (χ4n) is 2.82. The van der Waals surface area contributed by atoms with E-state index < -0.39 is 5.97 Å². The number of hydrogen-bond donors (Lipinski definition) is 1. The van der Waals surface area contributed by atoms with Crippen molar-refractivity contribution in [2.75, 3.05) is 13.1 Å². The van der Waals surface area contributed by atoms with Crippen LogP contribution in [0.2, 0.25) is 10.0 Å². The maximum atomic E-state index is 10.6. The Labute approximate surface area is 129 Å². The van der Waals surface area contributed by atoms with E-state index in [9.17, 15) is 4.79 Å². The molecule has 0 aliphatic carbocycles. The third kappa shape index (κ3) is 4.97. The summed E-state index contributed by atoms with van der Waals surface area (Å²) in [5.41, 5.74) is 1.11. The Hall–Kier alpha value is -0.770.